The SMILES string of the molecule is C#CC(CCC)NS(=O)(=O)CCCC(=O)OC. The van der Waals surface area contributed by atoms with Gasteiger partial charge in [0, 0.05) is 6.42 Å². The Balaban J connectivity index is 4.12. The molecule has 0 saturated heterocycles. The average molecular weight is 261 g/mol. The normalized spacial score (nSPS) is 12.8. The summed E-state index contributed by atoms with van der Waals surface area (Å²) in [6, 6.07) is -0.469. The van der Waals surface area contributed by atoms with E-state index in [0.29, 0.717) is 6.42 Å². The Morgan fingerprint density at radius 1 is 1.53 bits per heavy atom. The van der Waals surface area contributed by atoms with Gasteiger partial charge in [-0.25, -0.2) is 13.1 Å². The molecule has 0 rings (SSSR count). The summed E-state index contributed by atoms with van der Waals surface area (Å²) in [5.74, 6) is 1.85. The molecule has 17 heavy (non-hydrogen) atoms. The standard InChI is InChI=1S/C11H19NO4S/c1-4-7-10(5-2)12-17(14,15)9-6-8-11(13)16-3/h2,10,12H,4,6-9H2,1,3H3. The van der Waals surface area contributed by atoms with Crippen molar-refractivity contribution in [2.75, 3.05) is 12.9 Å². The van der Waals surface area contributed by atoms with Crippen molar-refractivity contribution in [3.8, 4) is 12.3 Å². The highest BCUT2D eigenvalue weighted by Crippen LogP contribution is 2.01. The molecule has 0 aliphatic rings. The van der Waals surface area contributed by atoms with E-state index in [1.54, 1.807) is 0 Å². The molecule has 0 bridgehead atoms. The first-order valence-corrected chi connectivity index (χ1v) is 7.13. The number of ether oxygens (including phenoxy) is 1. The summed E-state index contributed by atoms with van der Waals surface area (Å²) in [5, 5.41) is 0. The summed E-state index contributed by atoms with van der Waals surface area (Å²) in [7, 11) is -2.15. The maximum absolute atomic E-state index is 11.6. The second-order valence-electron chi connectivity index (χ2n) is 3.62. The van der Waals surface area contributed by atoms with Crippen LogP contribution in [0.1, 0.15) is 32.6 Å². The molecule has 0 spiro atoms. The number of esters is 1. The van der Waals surface area contributed by atoms with Gasteiger partial charge in [0.25, 0.3) is 0 Å². The highest BCUT2D eigenvalue weighted by atomic mass is 32.2. The Morgan fingerprint density at radius 2 is 2.18 bits per heavy atom. The fourth-order valence-corrected chi connectivity index (χ4v) is 2.51. The van der Waals surface area contributed by atoms with Crippen LogP contribution >= 0.6 is 0 Å². The minimum absolute atomic E-state index is 0.0892. The van der Waals surface area contributed by atoms with Crippen molar-refractivity contribution in [3.05, 3.63) is 0 Å². The van der Waals surface area contributed by atoms with E-state index >= 15 is 0 Å². The zero-order chi connectivity index (χ0) is 13.3. The summed E-state index contributed by atoms with van der Waals surface area (Å²) in [5.41, 5.74) is 0. The second kappa shape index (κ2) is 8.09. The molecule has 0 aromatic rings. The fourth-order valence-electron chi connectivity index (χ4n) is 1.25. The van der Waals surface area contributed by atoms with E-state index in [4.69, 9.17) is 6.42 Å². The quantitative estimate of drug-likeness (QED) is 0.514. The minimum atomic E-state index is -3.42. The molecule has 0 heterocycles. The first-order valence-electron chi connectivity index (χ1n) is 5.48. The largest absolute Gasteiger partial charge is 0.469 e. The summed E-state index contributed by atoms with van der Waals surface area (Å²) in [6.07, 6.45) is 6.94. The number of rotatable bonds is 8. The lowest BCUT2D eigenvalue weighted by Crippen LogP contribution is -2.35. The van der Waals surface area contributed by atoms with Crippen LogP contribution in [0.2, 0.25) is 0 Å². The third kappa shape index (κ3) is 7.77. The summed E-state index contributed by atoms with van der Waals surface area (Å²) >= 11 is 0. The molecule has 0 fully saturated rings. The smallest absolute Gasteiger partial charge is 0.305 e. The first kappa shape index (κ1) is 15.9. The predicted molar refractivity (Wildman–Crippen MR) is 65.7 cm³/mol. The van der Waals surface area contributed by atoms with Gasteiger partial charge in [-0.2, -0.15) is 0 Å². The monoisotopic (exact) mass is 261 g/mol. The lowest BCUT2D eigenvalue weighted by atomic mass is 10.2. The maximum Gasteiger partial charge on any atom is 0.305 e. The molecule has 5 nitrogen and oxygen atoms in total. The topological polar surface area (TPSA) is 72.5 Å². The molecular formula is C11H19NO4S. The number of hydrogen-bond donors (Lipinski definition) is 1. The summed E-state index contributed by atoms with van der Waals surface area (Å²) < 4.78 is 30.0. The van der Waals surface area contributed by atoms with Gasteiger partial charge in [0.1, 0.15) is 0 Å². The van der Waals surface area contributed by atoms with E-state index < -0.39 is 22.0 Å². The molecule has 1 unspecified atom stereocenters. The van der Waals surface area contributed by atoms with Crippen LogP contribution in [-0.4, -0.2) is 33.3 Å². The molecule has 1 atom stereocenters. The van der Waals surface area contributed by atoms with E-state index in [-0.39, 0.29) is 18.6 Å². The van der Waals surface area contributed by atoms with Gasteiger partial charge in [0.2, 0.25) is 10.0 Å². The minimum Gasteiger partial charge on any atom is -0.469 e. The lowest BCUT2D eigenvalue weighted by molar-refractivity contribution is -0.140. The zero-order valence-corrected chi connectivity index (χ0v) is 11.0. The molecule has 98 valence electrons. The second-order valence-corrected chi connectivity index (χ2v) is 5.50. The summed E-state index contributed by atoms with van der Waals surface area (Å²) in [4.78, 5) is 10.8. The van der Waals surface area contributed by atoms with Crippen molar-refractivity contribution in [1.29, 1.82) is 0 Å². The molecule has 0 radical (unpaired) electrons. The van der Waals surface area contributed by atoms with Crippen LogP contribution in [0.25, 0.3) is 0 Å². The number of methoxy groups -OCH3 is 1. The third-order valence-corrected chi connectivity index (χ3v) is 3.59. The molecular weight excluding hydrogens is 242 g/mol. The lowest BCUT2D eigenvalue weighted by Gasteiger charge is -2.12. The fraction of sp³-hybridized carbons (Fsp3) is 0.727. The zero-order valence-electron chi connectivity index (χ0n) is 10.2. The van der Waals surface area contributed by atoms with Crippen LogP contribution < -0.4 is 4.72 Å². The molecule has 0 aliphatic carbocycles. The Morgan fingerprint density at radius 3 is 2.65 bits per heavy atom. The Labute approximate surface area is 103 Å². The van der Waals surface area contributed by atoms with E-state index in [1.807, 2.05) is 6.92 Å². The third-order valence-electron chi connectivity index (χ3n) is 2.12. The molecule has 6 heteroatoms. The number of hydrogen-bond acceptors (Lipinski definition) is 4. The molecule has 0 saturated carbocycles. The predicted octanol–water partition coefficient (Wildman–Crippen LogP) is 0.661. The van der Waals surface area contributed by atoms with Crippen molar-refractivity contribution in [2.24, 2.45) is 0 Å². The van der Waals surface area contributed by atoms with Gasteiger partial charge in [-0.15, -0.1) is 6.42 Å². The van der Waals surface area contributed by atoms with E-state index in [0.717, 1.165) is 6.42 Å². The van der Waals surface area contributed by atoms with E-state index in [9.17, 15) is 13.2 Å². The van der Waals surface area contributed by atoms with Crippen LogP contribution in [0.5, 0.6) is 0 Å². The van der Waals surface area contributed by atoms with Gasteiger partial charge in [0.05, 0.1) is 18.9 Å². The molecule has 1 N–H and O–H groups in total. The number of sulfonamides is 1. The van der Waals surface area contributed by atoms with Gasteiger partial charge in [-0.1, -0.05) is 19.3 Å². The van der Waals surface area contributed by atoms with Crippen LogP contribution in [0.3, 0.4) is 0 Å². The van der Waals surface area contributed by atoms with Crippen LogP contribution in [-0.2, 0) is 19.6 Å². The van der Waals surface area contributed by atoms with Crippen molar-refractivity contribution in [3.63, 3.8) is 0 Å². The summed E-state index contributed by atoms with van der Waals surface area (Å²) in [6.45, 7) is 1.93. The van der Waals surface area contributed by atoms with Crippen LogP contribution in [0, 0.1) is 12.3 Å². The molecule has 0 aromatic carbocycles. The Kier molecular flexibility index (Phi) is 7.59. The Bertz CT molecular complexity index is 369. The highest BCUT2D eigenvalue weighted by Gasteiger charge is 2.15. The number of terminal acetylenes is 1. The number of nitrogens with one attached hydrogen (secondary N) is 1. The van der Waals surface area contributed by atoms with Gasteiger partial charge >= 0.3 is 5.97 Å². The van der Waals surface area contributed by atoms with Gasteiger partial charge in [0.15, 0.2) is 0 Å². The Hall–Kier alpha value is -1.06. The van der Waals surface area contributed by atoms with E-state index in [1.165, 1.54) is 7.11 Å². The van der Waals surface area contributed by atoms with Crippen molar-refractivity contribution >= 4 is 16.0 Å². The molecule has 0 amide bonds. The maximum atomic E-state index is 11.6. The number of carbonyl (C=O) groups excluding carboxylic acids is 1. The van der Waals surface area contributed by atoms with Gasteiger partial charge in [-0.05, 0) is 12.8 Å². The van der Waals surface area contributed by atoms with Crippen molar-refractivity contribution < 1.29 is 17.9 Å². The van der Waals surface area contributed by atoms with Crippen molar-refractivity contribution in [2.45, 2.75) is 38.6 Å². The van der Waals surface area contributed by atoms with Crippen molar-refractivity contribution in [1.82, 2.24) is 4.72 Å². The van der Waals surface area contributed by atoms with E-state index in [2.05, 4.69) is 15.4 Å². The van der Waals surface area contributed by atoms with Crippen LogP contribution in [0.15, 0.2) is 0 Å². The van der Waals surface area contributed by atoms with Gasteiger partial charge < -0.3 is 4.74 Å². The first-order chi connectivity index (χ1) is 7.95. The highest BCUT2D eigenvalue weighted by molar-refractivity contribution is 7.89. The molecule has 0 aromatic heterocycles. The average Bonchev–Trinajstić information content (AvgIpc) is 2.27. The number of carbonyl (C=O) groups is 1. The van der Waals surface area contributed by atoms with Gasteiger partial charge in [-0.3, -0.25) is 4.79 Å². The molecule has 0 aliphatic heterocycles. The van der Waals surface area contributed by atoms with Crippen LogP contribution in [0.4, 0.5) is 0 Å².